The molecule has 0 fully saturated rings. The summed E-state index contributed by atoms with van der Waals surface area (Å²) in [4.78, 5) is 17.3. The molecule has 0 aliphatic heterocycles. The molecule has 0 aliphatic carbocycles. The van der Waals surface area contributed by atoms with Crippen LogP contribution in [0.4, 0.5) is 11.9 Å². The summed E-state index contributed by atoms with van der Waals surface area (Å²) in [5.41, 5.74) is 2.29. The van der Waals surface area contributed by atoms with Crippen molar-refractivity contribution in [2.45, 2.75) is 0 Å². The first-order valence-corrected chi connectivity index (χ1v) is 5.35. The van der Waals surface area contributed by atoms with Crippen molar-refractivity contribution in [3.8, 4) is 18.1 Å². The van der Waals surface area contributed by atoms with E-state index < -0.39 is 0 Å². The molecule has 3 N–H and O–H groups in total. The minimum atomic E-state index is -0.0433. The zero-order valence-corrected chi connectivity index (χ0v) is 10.2. The van der Waals surface area contributed by atoms with E-state index in [2.05, 4.69) is 30.5 Å². The van der Waals surface area contributed by atoms with E-state index in [1.165, 1.54) is 22.2 Å². The summed E-state index contributed by atoms with van der Waals surface area (Å²) in [5, 5.41) is 21.4. The van der Waals surface area contributed by atoms with E-state index in [9.17, 15) is 0 Å². The first kappa shape index (κ1) is 13.1. The smallest absolute Gasteiger partial charge is 0.258 e. The number of nitrogens with zero attached hydrogens (tertiary/aromatic N) is 9. The topological polar surface area (TPSA) is 158 Å². The maximum atomic E-state index is 8.76. The van der Waals surface area contributed by atoms with Gasteiger partial charge in [-0.05, 0) is 0 Å². The van der Waals surface area contributed by atoms with Gasteiger partial charge in [-0.2, -0.15) is 35.3 Å². The Labute approximate surface area is 113 Å². The first-order valence-electron chi connectivity index (χ1n) is 5.35. The number of aromatic nitrogens is 6. The fourth-order valence-corrected chi connectivity index (χ4v) is 1.34. The van der Waals surface area contributed by atoms with Crippen molar-refractivity contribution in [1.29, 1.82) is 10.5 Å². The molecule has 2 aromatic heterocycles. The lowest BCUT2D eigenvalue weighted by Gasteiger charge is -2.16. The SMILES string of the molecule is N#CCN(CC#N)c1nc(NN)nc(-n2cncn2)n1. The van der Waals surface area contributed by atoms with Crippen LogP contribution in [0.25, 0.3) is 5.95 Å². The largest absolute Gasteiger partial charge is 0.314 e. The number of nitrogen functional groups attached to an aromatic ring is 1. The third kappa shape index (κ3) is 2.74. The minimum absolute atomic E-state index is 0.0433. The van der Waals surface area contributed by atoms with Crippen LogP contribution in [-0.4, -0.2) is 42.8 Å². The third-order valence-electron chi connectivity index (χ3n) is 2.17. The van der Waals surface area contributed by atoms with E-state index in [1.807, 2.05) is 12.1 Å². The summed E-state index contributed by atoms with van der Waals surface area (Å²) in [7, 11) is 0. The Balaban J connectivity index is 2.45. The van der Waals surface area contributed by atoms with Gasteiger partial charge in [0.05, 0.1) is 12.1 Å². The number of rotatable bonds is 5. The number of nitrogens with two attached hydrogens (primary N) is 1. The molecule has 100 valence electrons. The Hall–Kier alpha value is -3.31. The number of nitriles is 2. The van der Waals surface area contributed by atoms with Crippen molar-refractivity contribution in [1.82, 2.24) is 29.7 Å². The zero-order valence-electron chi connectivity index (χ0n) is 10.2. The molecule has 0 amide bonds. The molecule has 0 radical (unpaired) electrons. The molecule has 0 spiro atoms. The van der Waals surface area contributed by atoms with Crippen molar-refractivity contribution in [3.05, 3.63) is 12.7 Å². The van der Waals surface area contributed by atoms with Gasteiger partial charge < -0.3 is 4.90 Å². The lowest BCUT2D eigenvalue weighted by molar-refractivity contribution is 0.778. The average molecular weight is 271 g/mol. The number of hydrogen-bond donors (Lipinski definition) is 2. The molecule has 11 nitrogen and oxygen atoms in total. The Morgan fingerprint density at radius 2 is 2.00 bits per heavy atom. The molecule has 0 atom stereocenters. The Bertz CT molecular complexity index is 634. The standard InChI is InChI=1S/C9H9N11/c10-1-3-19(4-2-11)8-15-7(18-12)16-9(17-8)20-6-13-5-14-20/h5-6H,3-4,12H2,(H,15,16,17,18). The molecule has 2 rings (SSSR count). The van der Waals surface area contributed by atoms with Gasteiger partial charge in [0.15, 0.2) is 0 Å². The second kappa shape index (κ2) is 6.03. The van der Waals surface area contributed by atoms with Crippen molar-refractivity contribution < 1.29 is 0 Å². The molecule has 0 aromatic carbocycles. The molecular formula is C9H9N11. The van der Waals surface area contributed by atoms with Crippen molar-refractivity contribution in [2.75, 3.05) is 23.4 Å². The lowest BCUT2D eigenvalue weighted by atomic mass is 10.5. The van der Waals surface area contributed by atoms with E-state index in [0.717, 1.165) is 0 Å². The average Bonchev–Trinajstić information content (AvgIpc) is 3.01. The quantitative estimate of drug-likeness (QED) is 0.375. The molecule has 11 heteroatoms. The van der Waals surface area contributed by atoms with Crippen LogP contribution in [0, 0.1) is 22.7 Å². The van der Waals surface area contributed by atoms with Gasteiger partial charge in [0.1, 0.15) is 25.7 Å². The minimum Gasteiger partial charge on any atom is -0.314 e. The van der Waals surface area contributed by atoms with E-state index in [1.54, 1.807) is 0 Å². The van der Waals surface area contributed by atoms with Crippen molar-refractivity contribution >= 4 is 11.9 Å². The van der Waals surface area contributed by atoms with Crippen molar-refractivity contribution in [3.63, 3.8) is 0 Å². The molecule has 0 saturated heterocycles. The van der Waals surface area contributed by atoms with Crippen LogP contribution in [0.15, 0.2) is 12.7 Å². The molecule has 0 saturated carbocycles. The monoisotopic (exact) mass is 271 g/mol. The molecule has 2 aromatic rings. The number of hydrogen-bond acceptors (Lipinski definition) is 10. The summed E-state index contributed by atoms with van der Waals surface area (Å²) >= 11 is 0. The molecule has 0 bridgehead atoms. The second-order valence-corrected chi connectivity index (χ2v) is 3.42. The summed E-state index contributed by atoms with van der Waals surface area (Å²) in [5.74, 6) is 5.69. The van der Waals surface area contributed by atoms with Gasteiger partial charge in [0, 0.05) is 0 Å². The van der Waals surface area contributed by atoms with Crippen LogP contribution in [0.5, 0.6) is 0 Å². The zero-order chi connectivity index (χ0) is 14.4. The van der Waals surface area contributed by atoms with Crippen LogP contribution in [0.2, 0.25) is 0 Å². The molecule has 0 unspecified atom stereocenters. The van der Waals surface area contributed by atoms with Gasteiger partial charge in [-0.15, -0.1) is 0 Å². The van der Waals surface area contributed by atoms with Gasteiger partial charge in [-0.25, -0.2) is 10.8 Å². The van der Waals surface area contributed by atoms with E-state index in [-0.39, 0.29) is 30.9 Å². The number of anilines is 2. The van der Waals surface area contributed by atoms with Crippen LogP contribution in [-0.2, 0) is 0 Å². The number of hydrazine groups is 1. The highest BCUT2D eigenvalue weighted by Gasteiger charge is 2.14. The summed E-state index contributed by atoms with van der Waals surface area (Å²) in [6.45, 7) is -0.0865. The summed E-state index contributed by atoms with van der Waals surface area (Å²) < 4.78 is 1.31. The van der Waals surface area contributed by atoms with Gasteiger partial charge in [0.2, 0.25) is 11.9 Å². The summed E-state index contributed by atoms with van der Waals surface area (Å²) in [6, 6.07) is 3.86. The molecule has 0 aliphatic rings. The van der Waals surface area contributed by atoms with Crippen LogP contribution in [0.3, 0.4) is 0 Å². The Morgan fingerprint density at radius 3 is 2.55 bits per heavy atom. The van der Waals surface area contributed by atoms with Gasteiger partial charge >= 0.3 is 0 Å². The van der Waals surface area contributed by atoms with E-state index >= 15 is 0 Å². The predicted octanol–water partition coefficient (Wildman–Crippen LogP) is -1.41. The fraction of sp³-hybridized carbons (Fsp3) is 0.222. The highest BCUT2D eigenvalue weighted by molar-refractivity contribution is 5.41. The van der Waals surface area contributed by atoms with E-state index in [4.69, 9.17) is 16.4 Å². The van der Waals surface area contributed by atoms with Gasteiger partial charge in [0.25, 0.3) is 5.95 Å². The highest BCUT2D eigenvalue weighted by Crippen LogP contribution is 2.11. The first-order chi connectivity index (χ1) is 9.78. The third-order valence-corrected chi connectivity index (χ3v) is 2.17. The molecule has 20 heavy (non-hydrogen) atoms. The van der Waals surface area contributed by atoms with E-state index in [0.29, 0.717) is 0 Å². The summed E-state index contributed by atoms with van der Waals surface area (Å²) in [6.07, 6.45) is 2.72. The normalized spacial score (nSPS) is 9.55. The van der Waals surface area contributed by atoms with Crippen molar-refractivity contribution in [2.24, 2.45) is 5.84 Å². The number of nitrogens with one attached hydrogen (secondary N) is 1. The van der Waals surface area contributed by atoms with Crippen LogP contribution >= 0.6 is 0 Å². The van der Waals surface area contributed by atoms with Gasteiger partial charge in [-0.3, -0.25) is 5.43 Å². The predicted molar refractivity (Wildman–Crippen MR) is 66.0 cm³/mol. The lowest BCUT2D eigenvalue weighted by Crippen LogP contribution is -2.27. The highest BCUT2D eigenvalue weighted by atomic mass is 15.4. The maximum absolute atomic E-state index is 8.76. The molecular weight excluding hydrogens is 262 g/mol. The Kier molecular flexibility index (Phi) is 3.96. The van der Waals surface area contributed by atoms with Gasteiger partial charge in [-0.1, -0.05) is 0 Å². The van der Waals surface area contributed by atoms with Crippen LogP contribution < -0.4 is 16.2 Å². The Morgan fingerprint density at radius 1 is 1.25 bits per heavy atom. The fourth-order valence-electron chi connectivity index (χ4n) is 1.34. The molecule has 2 heterocycles. The maximum Gasteiger partial charge on any atom is 0.258 e. The second-order valence-electron chi connectivity index (χ2n) is 3.42. The van der Waals surface area contributed by atoms with Crippen LogP contribution in [0.1, 0.15) is 0 Å².